The third-order valence-corrected chi connectivity index (χ3v) is 3.27. The van der Waals surface area contributed by atoms with Crippen molar-refractivity contribution >= 4 is 21.9 Å². The van der Waals surface area contributed by atoms with Gasteiger partial charge < -0.3 is 4.74 Å². The average molecular weight is 249 g/mol. The number of hydrogen-bond acceptors (Lipinski definition) is 2. The Morgan fingerprint density at radius 2 is 2.15 bits per heavy atom. The van der Waals surface area contributed by atoms with Crippen LogP contribution < -0.4 is 0 Å². The van der Waals surface area contributed by atoms with Crippen LogP contribution in [-0.4, -0.2) is 17.9 Å². The van der Waals surface area contributed by atoms with Gasteiger partial charge in [-0.3, -0.25) is 4.79 Å². The Morgan fingerprint density at radius 3 is 2.62 bits per heavy atom. The topological polar surface area (TPSA) is 26.3 Å². The van der Waals surface area contributed by atoms with Crippen molar-refractivity contribution in [1.82, 2.24) is 0 Å². The second kappa shape index (κ2) is 4.99. The first-order valence-corrected chi connectivity index (χ1v) is 6.04. The molecule has 0 atom stereocenters. The maximum atomic E-state index is 11.5. The molecule has 0 N–H and O–H groups in total. The van der Waals surface area contributed by atoms with E-state index in [0.717, 1.165) is 31.0 Å². The lowest BCUT2D eigenvalue weighted by Gasteiger charge is -2.35. The highest BCUT2D eigenvalue weighted by molar-refractivity contribution is 9.09. The van der Waals surface area contributed by atoms with E-state index in [1.807, 2.05) is 6.92 Å². The molecule has 0 spiro atoms. The molecule has 1 rings (SSSR count). The lowest BCUT2D eigenvalue weighted by Crippen LogP contribution is -2.36. The summed E-state index contributed by atoms with van der Waals surface area (Å²) in [5.41, 5.74) is -0.144. The lowest BCUT2D eigenvalue weighted by atomic mass is 9.70. The van der Waals surface area contributed by atoms with Gasteiger partial charge in [0.25, 0.3) is 0 Å². The number of halogens is 1. The minimum Gasteiger partial charge on any atom is -0.465 e. The highest BCUT2D eigenvalue weighted by Gasteiger charge is 2.40. The van der Waals surface area contributed by atoms with Crippen LogP contribution in [0.2, 0.25) is 0 Å². The molecular weight excluding hydrogens is 232 g/mol. The summed E-state index contributed by atoms with van der Waals surface area (Å²) in [5, 5.41) is 0.988. The van der Waals surface area contributed by atoms with Gasteiger partial charge in [0.15, 0.2) is 0 Å². The van der Waals surface area contributed by atoms with E-state index in [9.17, 15) is 4.79 Å². The van der Waals surface area contributed by atoms with E-state index in [2.05, 4.69) is 15.9 Å². The van der Waals surface area contributed by atoms with Gasteiger partial charge in [-0.05, 0) is 32.6 Å². The largest absolute Gasteiger partial charge is 0.465 e. The number of esters is 1. The van der Waals surface area contributed by atoms with E-state index in [-0.39, 0.29) is 11.4 Å². The van der Waals surface area contributed by atoms with Crippen LogP contribution in [0.3, 0.4) is 0 Å². The fourth-order valence-electron chi connectivity index (χ4n) is 1.45. The van der Waals surface area contributed by atoms with Gasteiger partial charge in [-0.1, -0.05) is 22.4 Å². The van der Waals surface area contributed by atoms with E-state index >= 15 is 0 Å². The molecule has 1 aliphatic carbocycles. The second-order valence-electron chi connectivity index (χ2n) is 3.95. The molecule has 0 aliphatic heterocycles. The number of alkyl halides is 1. The Hall–Kier alpha value is -0.0500. The van der Waals surface area contributed by atoms with Crippen molar-refractivity contribution in [3.8, 4) is 0 Å². The van der Waals surface area contributed by atoms with Gasteiger partial charge >= 0.3 is 5.97 Å². The molecule has 0 unspecified atom stereocenters. The van der Waals surface area contributed by atoms with E-state index in [1.54, 1.807) is 0 Å². The summed E-state index contributed by atoms with van der Waals surface area (Å²) in [7, 11) is 0. The average Bonchev–Trinajstić information content (AvgIpc) is 2.08. The van der Waals surface area contributed by atoms with Crippen molar-refractivity contribution in [3.63, 3.8) is 0 Å². The van der Waals surface area contributed by atoms with Gasteiger partial charge in [-0.2, -0.15) is 0 Å². The van der Waals surface area contributed by atoms with Crippen LogP contribution in [0.25, 0.3) is 0 Å². The zero-order chi connectivity index (χ0) is 9.73. The smallest absolute Gasteiger partial charge is 0.311 e. The molecule has 2 nitrogen and oxygen atoms in total. The van der Waals surface area contributed by atoms with Crippen LogP contribution >= 0.6 is 15.9 Å². The molecule has 1 aliphatic rings. The van der Waals surface area contributed by atoms with E-state index in [0.29, 0.717) is 6.61 Å². The second-order valence-corrected chi connectivity index (χ2v) is 4.74. The molecule has 3 heteroatoms. The van der Waals surface area contributed by atoms with Crippen molar-refractivity contribution < 1.29 is 9.53 Å². The normalized spacial score (nSPS) is 19.2. The molecule has 13 heavy (non-hydrogen) atoms. The maximum absolute atomic E-state index is 11.5. The standard InChI is InChI=1S/C10H17BrO2/c1-10(5-4-6-10)9(12)13-8-3-2-7-11/h2-8H2,1H3. The van der Waals surface area contributed by atoms with Gasteiger partial charge in [-0.15, -0.1) is 0 Å². The number of unbranched alkanes of at least 4 members (excludes halogenated alkanes) is 1. The molecule has 0 bridgehead atoms. The van der Waals surface area contributed by atoms with Crippen molar-refractivity contribution in [2.24, 2.45) is 5.41 Å². The van der Waals surface area contributed by atoms with Crippen molar-refractivity contribution in [2.45, 2.75) is 39.0 Å². The summed E-state index contributed by atoms with van der Waals surface area (Å²) in [4.78, 5) is 11.5. The first kappa shape index (κ1) is 11.0. The fraction of sp³-hybridized carbons (Fsp3) is 0.900. The monoisotopic (exact) mass is 248 g/mol. The molecule has 0 aromatic carbocycles. The number of carbonyl (C=O) groups is 1. The molecule has 1 fully saturated rings. The minimum absolute atomic E-state index is 0.00771. The van der Waals surface area contributed by atoms with E-state index < -0.39 is 0 Å². The van der Waals surface area contributed by atoms with Crippen LogP contribution in [-0.2, 0) is 9.53 Å². The Morgan fingerprint density at radius 1 is 1.46 bits per heavy atom. The summed E-state index contributed by atoms with van der Waals surface area (Å²) in [5.74, 6) is 0.00771. The molecule has 0 radical (unpaired) electrons. The Kier molecular flexibility index (Phi) is 4.23. The summed E-state index contributed by atoms with van der Waals surface area (Å²) >= 11 is 3.34. The van der Waals surface area contributed by atoms with Crippen LogP contribution in [0.1, 0.15) is 39.0 Å². The predicted octanol–water partition coefficient (Wildman–Crippen LogP) is 2.89. The van der Waals surface area contributed by atoms with E-state index in [4.69, 9.17) is 4.74 Å². The SMILES string of the molecule is CC1(C(=O)OCCCCBr)CCC1. The first-order valence-electron chi connectivity index (χ1n) is 4.92. The van der Waals surface area contributed by atoms with Gasteiger partial charge in [0, 0.05) is 5.33 Å². The van der Waals surface area contributed by atoms with Gasteiger partial charge in [0.2, 0.25) is 0 Å². The molecule has 76 valence electrons. The quantitative estimate of drug-likeness (QED) is 0.425. The number of carbonyl (C=O) groups excluding carboxylic acids is 1. The van der Waals surface area contributed by atoms with Crippen LogP contribution in [0.4, 0.5) is 0 Å². The Bertz CT molecular complexity index is 176. The third kappa shape index (κ3) is 2.97. The number of rotatable bonds is 5. The molecule has 0 aromatic rings. The van der Waals surface area contributed by atoms with Crippen LogP contribution in [0.15, 0.2) is 0 Å². The van der Waals surface area contributed by atoms with Crippen LogP contribution in [0, 0.1) is 5.41 Å². The number of hydrogen-bond donors (Lipinski definition) is 0. The van der Waals surface area contributed by atoms with Crippen LogP contribution in [0.5, 0.6) is 0 Å². The first-order chi connectivity index (χ1) is 6.19. The Labute approximate surface area is 88.2 Å². The zero-order valence-corrected chi connectivity index (χ0v) is 9.73. The van der Waals surface area contributed by atoms with E-state index in [1.165, 1.54) is 6.42 Å². The summed E-state index contributed by atoms with van der Waals surface area (Å²) < 4.78 is 5.19. The molecule has 0 saturated heterocycles. The van der Waals surface area contributed by atoms with Crippen molar-refractivity contribution in [1.29, 1.82) is 0 Å². The fourth-order valence-corrected chi connectivity index (χ4v) is 1.84. The summed E-state index contributed by atoms with van der Waals surface area (Å²) in [6.07, 6.45) is 5.22. The molecule has 1 saturated carbocycles. The Balaban J connectivity index is 2.10. The third-order valence-electron chi connectivity index (χ3n) is 2.71. The summed E-state index contributed by atoms with van der Waals surface area (Å²) in [6, 6.07) is 0. The minimum atomic E-state index is -0.144. The maximum Gasteiger partial charge on any atom is 0.311 e. The van der Waals surface area contributed by atoms with Gasteiger partial charge in [0.1, 0.15) is 0 Å². The molecule has 0 aromatic heterocycles. The molecule has 0 amide bonds. The number of ether oxygens (including phenoxy) is 1. The summed E-state index contributed by atoms with van der Waals surface area (Å²) in [6.45, 7) is 2.59. The lowest BCUT2D eigenvalue weighted by molar-refractivity contribution is -0.160. The molecule has 0 heterocycles. The predicted molar refractivity (Wildman–Crippen MR) is 55.9 cm³/mol. The van der Waals surface area contributed by atoms with Gasteiger partial charge in [0.05, 0.1) is 12.0 Å². The molecular formula is C10H17BrO2. The van der Waals surface area contributed by atoms with Crippen molar-refractivity contribution in [2.75, 3.05) is 11.9 Å². The highest BCUT2D eigenvalue weighted by atomic mass is 79.9. The van der Waals surface area contributed by atoms with Gasteiger partial charge in [-0.25, -0.2) is 0 Å². The highest BCUT2D eigenvalue weighted by Crippen LogP contribution is 2.41. The zero-order valence-electron chi connectivity index (χ0n) is 8.14. The van der Waals surface area contributed by atoms with Crippen molar-refractivity contribution in [3.05, 3.63) is 0 Å².